The third-order valence-corrected chi connectivity index (χ3v) is 5.96. The molecule has 1 saturated heterocycles. The molecule has 0 bridgehead atoms. The van der Waals surface area contributed by atoms with E-state index in [2.05, 4.69) is 21.8 Å². The number of aromatic nitrogens is 2. The number of amides is 4. The van der Waals surface area contributed by atoms with Gasteiger partial charge in [-0.15, -0.1) is 0 Å². The Morgan fingerprint density at radius 3 is 2.37 bits per heavy atom. The highest BCUT2D eigenvalue weighted by Crippen LogP contribution is 2.30. The lowest BCUT2D eigenvalue weighted by Gasteiger charge is -2.34. The second-order valence-electron chi connectivity index (χ2n) is 8.42. The van der Waals surface area contributed by atoms with Crippen molar-refractivity contribution in [1.29, 1.82) is 5.26 Å². The summed E-state index contributed by atoms with van der Waals surface area (Å²) in [4.78, 5) is 36.6. The first-order chi connectivity index (χ1) is 18.4. The number of benzene rings is 3. The maximum Gasteiger partial charge on any atom is 0.328 e. The van der Waals surface area contributed by atoms with Crippen LogP contribution in [-0.2, 0) is 14.3 Å². The van der Waals surface area contributed by atoms with Crippen LogP contribution in [0.25, 0.3) is 16.6 Å². The van der Waals surface area contributed by atoms with E-state index in [-0.39, 0.29) is 18.8 Å². The van der Waals surface area contributed by atoms with Crippen molar-refractivity contribution in [2.75, 3.05) is 13.7 Å². The van der Waals surface area contributed by atoms with Gasteiger partial charge in [-0.3, -0.25) is 20.2 Å². The van der Waals surface area contributed by atoms with Gasteiger partial charge in [0.25, 0.3) is 17.4 Å². The van der Waals surface area contributed by atoms with Gasteiger partial charge in [0.05, 0.1) is 35.6 Å². The quantitative estimate of drug-likeness (QED) is 0.343. The molecular formula is C27H21N5O6. The first-order valence-corrected chi connectivity index (χ1v) is 11.5. The normalized spacial score (nSPS) is 14.5. The molecule has 0 unspecified atom stereocenters. The number of carbonyl (C=O) groups excluding carboxylic acids is 3. The van der Waals surface area contributed by atoms with Crippen LogP contribution >= 0.6 is 0 Å². The average Bonchev–Trinajstić information content (AvgIpc) is 3.34. The molecule has 1 aromatic heterocycles. The summed E-state index contributed by atoms with van der Waals surface area (Å²) in [7, 11) is 1.43. The molecule has 3 aromatic carbocycles. The third kappa shape index (κ3) is 4.63. The minimum atomic E-state index is -1.95. The van der Waals surface area contributed by atoms with Crippen LogP contribution in [0.15, 0.2) is 72.9 Å². The van der Waals surface area contributed by atoms with Crippen LogP contribution < -0.4 is 20.1 Å². The summed E-state index contributed by atoms with van der Waals surface area (Å²) in [6.45, 7) is 0.0546. The Morgan fingerprint density at radius 1 is 0.947 bits per heavy atom. The van der Waals surface area contributed by atoms with Crippen LogP contribution in [0.2, 0.25) is 0 Å². The maximum absolute atomic E-state index is 12.6. The van der Waals surface area contributed by atoms with Gasteiger partial charge in [-0.05, 0) is 60.7 Å². The topological polar surface area (TPSA) is 145 Å². The molecule has 5 rings (SSSR count). The highest BCUT2D eigenvalue weighted by Gasteiger charge is 2.52. The summed E-state index contributed by atoms with van der Waals surface area (Å²) in [5.41, 5.74) is 0.210. The average molecular weight is 511 g/mol. The highest BCUT2D eigenvalue weighted by atomic mass is 16.5. The number of fused-ring (bicyclic) bond motifs is 1. The number of methoxy groups -OCH3 is 1. The number of ether oxygens (including phenoxy) is 3. The van der Waals surface area contributed by atoms with Gasteiger partial charge in [-0.2, -0.15) is 10.4 Å². The molecule has 2 N–H and O–H groups in total. The molecule has 1 aliphatic rings. The van der Waals surface area contributed by atoms with E-state index in [1.807, 2.05) is 18.2 Å². The van der Waals surface area contributed by atoms with Crippen LogP contribution in [0.1, 0.15) is 12.0 Å². The number of nitrogens with zero attached hydrogens (tertiary/aromatic N) is 3. The molecular weight excluding hydrogens is 490 g/mol. The number of rotatable bonds is 8. The molecule has 0 atom stereocenters. The SMILES string of the molecule is COCCC1(Oc2ccc(Oc3ccc4c(cnn4-c4cccc(C#N)c4)c3)cc2)C(=O)NC(=O)NC1=O. The van der Waals surface area contributed by atoms with Crippen molar-refractivity contribution < 1.29 is 28.6 Å². The number of carbonyl (C=O) groups is 3. The summed E-state index contributed by atoms with van der Waals surface area (Å²) in [5, 5.41) is 18.6. The fraction of sp³-hybridized carbons (Fsp3) is 0.148. The van der Waals surface area contributed by atoms with E-state index < -0.39 is 23.4 Å². The maximum atomic E-state index is 12.6. The van der Waals surface area contributed by atoms with Crippen molar-refractivity contribution in [2.45, 2.75) is 12.0 Å². The molecule has 0 saturated carbocycles. The van der Waals surface area contributed by atoms with Gasteiger partial charge >= 0.3 is 6.03 Å². The zero-order valence-corrected chi connectivity index (χ0v) is 20.1. The van der Waals surface area contributed by atoms with Crippen LogP contribution in [0, 0.1) is 11.3 Å². The number of nitrogens with one attached hydrogen (secondary N) is 2. The fourth-order valence-corrected chi connectivity index (χ4v) is 4.06. The first-order valence-electron chi connectivity index (χ1n) is 11.5. The van der Waals surface area contributed by atoms with Crippen molar-refractivity contribution in [3.05, 3.63) is 78.5 Å². The monoisotopic (exact) mass is 511 g/mol. The number of urea groups is 1. The lowest BCUT2D eigenvalue weighted by molar-refractivity contribution is -0.153. The third-order valence-electron chi connectivity index (χ3n) is 5.96. The van der Waals surface area contributed by atoms with Gasteiger partial charge in [0, 0.05) is 18.9 Å². The predicted molar refractivity (Wildman–Crippen MR) is 134 cm³/mol. The Labute approximate surface area is 216 Å². The summed E-state index contributed by atoms with van der Waals surface area (Å²) in [5.74, 6) is -0.444. The summed E-state index contributed by atoms with van der Waals surface area (Å²) < 4.78 is 18.5. The van der Waals surface area contributed by atoms with E-state index in [9.17, 15) is 19.6 Å². The van der Waals surface area contributed by atoms with Gasteiger partial charge in [-0.1, -0.05) is 6.07 Å². The zero-order valence-electron chi connectivity index (χ0n) is 20.1. The molecule has 38 heavy (non-hydrogen) atoms. The molecule has 4 amide bonds. The van der Waals surface area contributed by atoms with Gasteiger partial charge in [0.2, 0.25) is 0 Å². The Kier molecular flexibility index (Phi) is 6.47. The standard InChI is InChI=1S/C27H21N5O6/c1-36-12-11-27(24(33)30-26(35)31-25(27)34)38-21-7-5-20(6-8-21)37-22-9-10-23-18(14-22)16-29-32(23)19-4-2-3-17(13-19)15-28/h2-10,13-14,16H,11-12H2,1H3,(H2,30,31,33,34,35). The largest absolute Gasteiger partial charge is 0.467 e. The van der Waals surface area contributed by atoms with Crippen molar-refractivity contribution in [3.8, 4) is 29.0 Å². The minimum Gasteiger partial charge on any atom is -0.467 e. The number of nitriles is 1. The first kappa shape index (κ1) is 24.5. The summed E-state index contributed by atoms with van der Waals surface area (Å²) in [6.07, 6.45) is 1.61. The lowest BCUT2D eigenvalue weighted by Crippen LogP contribution is -2.69. The number of hydrogen-bond donors (Lipinski definition) is 2. The van der Waals surface area contributed by atoms with Crippen LogP contribution in [0.3, 0.4) is 0 Å². The molecule has 11 heteroatoms. The molecule has 11 nitrogen and oxygen atoms in total. The molecule has 2 heterocycles. The van der Waals surface area contributed by atoms with Crippen molar-refractivity contribution >= 4 is 28.7 Å². The number of barbiturate groups is 1. The Bertz CT molecular complexity index is 1570. The Morgan fingerprint density at radius 2 is 1.66 bits per heavy atom. The molecule has 0 radical (unpaired) electrons. The fourth-order valence-electron chi connectivity index (χ4n) is 4.06. The molecule has 1 fully saturated rings. The van der Waals surface area contributed by atoms with E-state index in [1.54, 1.807) is 59.4 Å². The van der Waals surface area contributed by atoms with Crippen LogP contribution in [-0.4, -0.2) is 46.9 Å². The van der Waals surface area contributed by atoms with Crippen molar-refractivity contribution in [1.82, 2.24) is 20.4 Å². The van der Waals surface area contributed by atoms with Gasteiger partial charge in [-0.25, -0.2) is 9.48 Å². The zero-order chi connectivity index (χ0) is 26.7. The molecule has 0 spiro atoms. The smallest absolute Gasteiger partial charge is 0.328 e. The van der Waals surface area contributed by atoms with Gasteiger partial charge in [0.1, 0.15) is 17.2 Å². The molecule has 0 aliphatic carbocycles. The molecule has 1 aliphatic heterocycles. The minimum absolute atomic E-state index is 0.0546. The number of hydrogen-bond acceptors (Lipinski definition) is 8. The second kappa shape index (κ2) is 10.0. The van der Waals surface area contributed by atoms with Crippen LogP contribution in [0.5, 0.6) is 17.2 Å². The van der Waals surface area contributed by atoms with E-state index in [0.717, 1.165) is 16.6 Å². The summed E-state index contributed by atoms with van der Waals surface area (Å²) >= 11 is 0. The van der Waals surface area contributed by atoms with Crippen LogP contribution in [0.4, 0.5) is 4.79 Å². The molecule has 4 aromatic rings. The predicted octanol–water partition coefficient (Wildman–Crippen LogP) is 3.21. The Hall–Kier alpha value is -5.21. The van der Waals surface area contributed by atoms with Crippen molar-refractivity contribution in [3.63, 3.8) is 0 Å². The van der Waals surface area contributed by atoms with Gasteiger partial charge in [0.15, 0.2) is 0 Å². The van der Waals surface area contributed by atoms with E-state index in [0.29, 0.717) is 17.1 Å². The van der Waals surface area contributed by atoms with E-state index >= 15 is 0 Å². The van der Waals surface area contributed by atoms with Crippen molar-refractivity contribution in [2.24, 2.45) is 0 Å². The highest BCUT2D eigenvalue weighted by molar-refractivity contribution is 6.21. The van der Waals surface area contributed by atoms with E-state index in [1.165, 1.54) is 7.11 Å². The lowest BCUT2D eigenvalue weighted by atomic mass is 9.95. The van der Waals surface area contributed by atoms with Gasteiger partial charge < -0.3 is 14.2 Å². The second-order valence-corrected chi connectivity index (χ2v) is 8.42. The molecule has 190 valence electrons. The Balaban J connectivity index is 1.33. The van der Waals surface area contributed by atoms with E-state index in [4.69, 9.17) is 14.2 Å². The number of imide groups is 2. The summed E-state index contributed by atoms with van der Waals surface area (Å²) in [6, 6.07) is 20.3.